The van der Waals surface area contributed by atoms with Crippen LogP contribution in [0.2, 0.25) is 19.6 Å². The summed E-state index contributed by atoms with van der Waals surface area (Å²) in [4.78, 5) is 25.6. The Morgan fingerprint density at radius 2 is 1.60 bits per heavy atom. The molecule has 6 heteroatoms. The SMILES string of the molecule is COc1ccc(C(NC(=O)CC(C)(C)O)C(=O)Cc2ccc([Si](C)(C)C)cc2)cc1. The third-order valence-electron chi connectivity index (χ3n) is 4.87. The van der Waals surface area contributed by atoms with Gasteiger partial charge in [0.25, 0.3) is 0 Å². The van der Waals surface area contributed by atoms with E-state index in [4.69, 9.17) is 4.74 Å². The normalized spacial score (nSPS) is 12.9. The van der Waals surface area contributed by atoms with Gasteiger partial charge in [0.15, 0.2) is 5.78 Å². The molecule has 0 aliphatic heterocycles. The van der Waals surface area contributed by atoms with Gasteiger partial charge < -0.3 is 15.2 Å². The fourth-order valence-corrected chi connectivity index (χ4v) is 4.34. The molecule has 0 aliphatic carbocycles. The number of carbonyl (C=O) groups excluding carboxylic acids is 2. The van der Waals surface area contributed by atoms with E-state index in [1.165, 1.54) is 5.19 Å². The summed E-state index contributed by atoms with van der Waals surface area (Å²) in [6.07, 6.45) is 0.128. The fraction of sp³-hybridized carbons (Fsp3) is 0.417. The molecule has 1 amide bonds. The molecule has 2 aromatic carbocycles. The summed E-state index contributed by atoms with van der Waals surface area (Å²) in [5, 5.41) is 14.1. The number of carbonyl (C=O) groups is 2. The average molecular weight is 428 g/mol. The Hall–Kier alpha value is -2.44. The van der Waals surface area contributed by atoms with Crippen molar-refractivity contribution in [2.24, 2.45) is 0 Å². The lowest BCUT2D eigenvalue weighted by Gasteiger charge is -2.22. The number of hydrogen-bond donors (Lipinski definition) is 2. The quantitative estimate of drug-likeness (QED) is 0.602. The zero-order chi connectivity index (χ0) is 22.5. The molecule has 2 rings (SSSR count). The van der Waals surface area contributed by atoms with Gasteiger partial charge in [-0.2, -0.15) is 0 Å². The van der Waals surface area contributed by atoms with Crippen molar-refractivity contribution in [2.75, 3.05) is 7.11 Å². The van der Waals surface area contributed by atoms with Gasteiger partial charge in [-0.05, 0) is 37.1 Å². The van der Waals surface area contributed by atoms with E-state index in [1.807, 2.05) is 12.1 Å². The van der Waals surface area contributed by atoms with Gasteiger partial charge in [-0.15, -0.1) is 0 Å². The smallest absolute Gasteiger partial charge is 0.223 e. The molecule has 2 N–H and O–H groups in total. The first-order chi connectivity index (χ1) is 13.9. The standard InChI is InChI=1S/C24H33NO4Si/c1-24(2,28)16-22(27)25-23(18-9-11-19(29-3)12-10-18)21(26)15-17-7-13-20(14-8-17)30(4,5)6/h7-14,23,28H,15-16H2,1-6H3,(H,25,27). The van der Waals surface area contributed by atoms with Crippen LogP contribution < -0.4 is 15.2 Å². The monoisotopic (exact) mass is 427 g/mol. The largest absolute Gasteiger partial charge is 0.497 e. The van der Waals surface area contributed by atoms with Crippen LogP contribution in [0.25, 0.3) is 0 Å². The van der Waals surface area contributed by atoms with Crippen LogP contribution in [0, 0.1) is 0 Å². The number of Topliss-reactive ketones (excluding diaryl/α,β-unsaturated/α-hetero) is 1. The zero-order valence-electron chi connectivity index (χ0n) is 18.8. The van der Waals surface area contributed by atoms with Crippen molar-refractivity contribution in [2.45, 2.75) is 58.0 Å². The summed E-state index contributed by atoms with van der Waals surface area (Å²) in [5.74, 6) is 0.200. The fourth-order valence-electron chi connectivity index (χ4n) is 3.18. The lowest BCUT2D eigenvalue weighted by atomic mass is 9.96. The summed E-state index contributed by atoms with van der Waals surface area (Å²) < 4.78 is 5.19. The first-order valence-corrected chi connectivity index (χ1v) is 13.7. The average Bonchev–Trinajstić information content (AvgIpc) is 2.64. The van der Waals surface area contributed by atoms with Gasteiger partial charge in [0.05, 0.1) is 27.2 Å². The van der Waals surface area contributed by atoms with E-state index in [9.17, 15) is 14.7 Å². The molecule has 0 saturated heterocycles. The second-order valence-electron chi connectivity index (χ2n) is 9.35. The van der Waals surface area contributed by atoms with E-state index in [0.29, 0.717) is 11.3 Å². The predicted molar refractivity (Wildman–Crippen MR) is 123 cm³/mol. The first kappa shape index (κ1) is 23.8. The summed E-state index contributed by atoms with van der Waals surface area (Å²) in [6, 6.07) is 14.5. The van der Waals surface area contributed by atoms with Crippen LogP contribution in [0.5, 0.6) is 5.75 Å². The molecular weight excluding hydrogens is 394 g/mol. The van der Waals surface area contributed by atoms with Crippen LogP contribution in [0.3, 0.4) is 0 Å². The molecule has 0 fully saturated rings. The highest BCUT2D eigenvalue weighted by molar-refractivity contribution is 6.88. The molecule has 1 unspecified atom stereocenters. The minimum Gasteiger partial charge on any atom is -0.497 e. The van der Waals surface area contributed by atoms with E-state index in [-0.39, 0.29) is 24.5 Å². The van der Waals surface area contributed by atoms with Crippen molar-refractivity contribution in [3.63, 3.8) is 0 Å². The van der Waals surface area contributed by atoms with Crippen LogP contribution in [0.1, 0.15) is 37.4 Å². The van der Waals surface area contributed by atoms with Crippen LogP contribution in [0.4, 0.5) is 0 Å². The maximum absolute atomic E-state index is 13.2. The molecule has 0 bridgehead atoms. The van der Waals surface area contributed by atoms with Crippen LogP contribution >= 0.6 is 0 Å². The maximum Gasteiger partial charge on any atom is 0.223 e. The van der Waals surface area contributed by atoms with E-state index in [2.05, 4.69) is 37.1 Å². The first-order valence-electron chi connectivity index (χ1n) is 10.2. The van der Waals surface area contributed by atoms with Crippen LogP contribution in [-0.4, -0.2) is 37.6 Å². The number of nitrogens with one attached hydrogen (secondary N) is 1. The van der Waals surface area contributed by atoms with Gasteiger partial charge in [-0.1, -0.05) is 61.2 Å². The highest BCUT2D eigenvalue weighted by Crippen LogP contribution is 2.21. The second kappa shape index (κ2) is 9.58. The third-order valence-corrected chi connectivity index (χ3v) is 6.93. The predicted octanol–water partition coefficient (Wildman–Crippen LogP) is 3.37. The van der Waals surface area contributed by atoms with Crippen molar-refractivity contribution in [3.05, 3.63) is 59.7 Å². The summed E-state index contributed by atoms with van der Waals surface area (Å²) in [6.45, 7) is 9.98. The number of benzene rings is 2. The highest BCUT2D eigenvalue weighted by Gasteiger charge is 2.26. The molecular formula is C24H33NO4Si. The van der Waals surface area contributed by atoms with Gasteiger partial charge in [-0.3, -0.25) is 9.59 Å². The Morgan fingerprint density at radius 3 is 2.07 bits per heavy atom. The Kier molecular flexibility index (Phi) is 7.61. The van der Waals surface area contributed by atoms with Gasteiger partial charge in [-0.25, -0.2) is 0 Å². The second-order valence-corrected chi connectivity index (χ2v) is 14.4. The highest BCUT2D eigenvalue weighted by atomic mass is 28.3. The van der Waals surface area contributed by atoms with Gasteiger partial charge in [0.1, 0.15) is 11.8 Å². The van der Waals surface area contributed by atoms with Gasteiger partial charge in [0, 0.05) is 6.42 Å². The number of methoxy groups -OCH3 is 1. The lowest BCUT2D eigenvalue weighted by molar-refractivity contribution is -0.130. The van der Waals surface area contributed by atoms with E-state index in [0.717, 1.165) is 5.56 Å². The lowest BCUT2D eigenvalue weighted by Crippen LogP contribution is -2.38. The molecule has 1 atom stereocenters. The number of ether oxygens (including phenoxy) is 1. The topological polar surface area (TPSA) is 75.6 Å². The molecule has 0 saturated carbocycles. The van der Waals surface area contributed by atoms with Crippen LogP contribution in [0.15, 0.2) is 48.5 Å². The molecule has 0 aliphatic rings. The molecule has 0 aromatic heterocycles. The number of aliphatic hydroxyl groups is 1. The molecule has 30 heavy (non-hydrogen) atoms. The third kappa shape index (κ3) is 7.11. The molecule has 162 valence electrons. The summed E-state index contributed by atoms with van der Waals surface area (Å²) in [7, 11) is 0.174. The molecule has 0 heterocycles. The minimum absolute atomic E-state index is 0.0855. The minimum atomic E-state index is -1.40. The number of ketones is 1. The number of rotatable bonds is 9. The van der Waals surface area contributed by atoms with Crippen molar-refractivity contribution in [1.82, 2.24) is 5.32 Å². The van der Waals surface area contributed by atoms with Crippen molar-refractivity contribution in [1.29, 1.82) is 0 Å². The van der Waals surface area contributed by atoms with E-state index >= 15 is 0 Å². The Balaban J connectivity index is 2.23. The zero-order valence-corrected chi connectivity index (χ0v) is 19.8. The van der Waals surface area contributed by atoms with E-state index < -0.39 is 19.7 Å². The van der Waals surface area contributed by atoms with Crippen molar-refractivity contribution < 1.29 is 19.4 Å². The molecule has 5 nitrogen and oxygen atoms in total. The van der Waals surface area contributed by atoms with Crippen molar-refractivity contribution in [3.8, 4) is 5.75 Å². The Labute approximate surface area is 180 Å². The Morgan fingerprint density at radius 1 is 1.03 bits per heavy atom. The summed E-state index contributed by atoms with van der Waals surface area (Å²) >= 11 is 0. The van der Waals surface area contributed by atoms with Crippen molar-refractivity contribution >= 4 is 25.0 Å². The molecule has 2 aromatic rings. The Bertz CT molecular complexity index is 862. The number of amides is 1. The molecule has 0 spiro atoms. The van der Waals surface area contributed by atoms with E-state index in [1.54, 1.807) is 45.2 Å². The van der Waals surface area contributed by atoms with Crippen LogP contribution in [-0.2, 0) is 16.0 Å². The van der Waals surface area contributed by atoms with Gasteiger partial charge >= 0.3 is 0 Å². The number of hydrogen-bond acceptors (Lipinski definition) is 4. The maximum atomic E-state index is 13.2. The summed E-state index contributed by atoms with van der Waals surface area (Å²) in [5.41, 5.74) is 0.449. The molecule has 0 radical (unpaired) electrons. The van der Waals surface area contributed by atoms with Gasteiger partial charge in [0.2, 0.25) is 5.91 Å².